The zero-order chi connectivity index (χ0) is 26.8. The summed E-state index contributed by atoms with van der Waals surface area (Å²) in [6, 6.07) is 12.7. The number of nitrogens with zero attached hydrogens (tertiary/aromatic N) is 4. The Morgan fingerprint density at radius 1 is 1.18 bits per heavy atom. The Balaban J connectivity index is 1.27. The van der Waals surface area contributed by atoms with Gasteiger partial charge in [0.15, 0.2) is 5.82 Å². The van der Waals surface area contributed by atoms with Gasteiger partial charge in [0, 0.05) is 55.1 Å². The number of amides is 2. The second-order valence-corrected chi connectivity index (χ2v) is 11.5. The lowest BCUT2D eigenvalue weighted by atomic mass is 9.97. The van der Waals surface area contributed by atoms with Crippen LogP contribution in [0.15, 0.2) is 36.4 Å². The van der Waals surface area contributed by atoms with E-state index >= 15 is 0 Å². The highest BCUT2D eigenvalue weighted by molar-refractivity contribution is 6.00. The number of hydrogen-bond acceptors (Lipinski definition) is 4. The lowest BCUT2D eigenvalue weighted by molar-refractivity contribution is 0.00846. The van der Waals surface area contributed by atoms with Gasteiger partial charge in [-0.25, -0.2) is 9.78 Å². The fourth-order valence-electron chi connectivity index (χ4n) is 6.10. The molecule has 2 aromatic carbocycles. The summed E-state index contributed by atoms with van der Waals surface area (Å²) in [4.78, 5) is 31.2. The first kappa shape index (κ1) is 24.2. The molecule has 2 aromatic heterocycles. The molecule has 202 valence electrons. The van der Waals surface area contributed by atoms with Gasteiger partial charge in [0.25, 0.3) is 5.91 Å². The molecule has 1 atom stereocenters. The van der Waals surface area contributed by atoms with Crippen LogP contribution in [0.1, 0.15) is 47.2 Å². The molecule has 2 amide bonds. The molecule has 3 aliphatic rings. The number of carbonyl (C=O) groups is 2. The summed E-state index contributed by atoms with van der Waals surface area (Å²) < 4.78 is 10.0. The van der Waals surface area contributed by atoms with E-state index in [0.717, 1.165) is 54.3 Å². The van der Waals surface area contributed by atoms with E-state index < -0.39 is 6.09 Å². The molecule has 1 unspecified atom stereocenters. The standard InChI is InChI=1S/C30H33N5O4/c1-17(31-30(37)38)13-34-8-7-20-10-26-24(12-23(20)29(34)36)32-28(33(26)2)27-11-21-6-5-19(22-15-39-16-22)9-25(21)35(27)14-18-3-4-18/h5-6,9-12,17-18,22,31H,3-4,7-8,13-16H2,1-2H3,(H,37,38). The number of aryl methyl sites for hydroxylation is 1. The van der Waals surface area contributed by atoms with Crippen LogP contribution in [0.3, 0.4) is 0 Å². The maximum absolute atomic E-state index is 13.4. The zero-order valence-corrected chi connectivity index (χ0v) is 22.3. The Kier molecular flexibility index (Phi) is 5.66. The largest absolute Gasteiger partial charge is 0.465 e. The molecular weight excluding hydrogens is 494 g/mol. The normalized spacial score (nSPS) is 18.4. The average Bonchev–Trinajstić information content (AvgIpc) is 3.54. The smallest absolute Gasteiger partial charge is 0.404 e. The van der Waals surface area contributed by atoms with Crippen molar-refractivity contribution in [3.05, 3.63) is 53.1 Å². The molecule has 1 saturated carbocycles. The maximum Gasteiger partial charge on any atom is 0.404 e. The SMILES string of the molecule is CC(CN1CCc2cc3c(cc2C1=O)nc(-c1cc2ccc(C4COC4)cc2n1CC1CC1)n3C)NC(=O)O. The number of carboxylic acid groups (broad SMARTS) is 1. The fourth-order valence-corrected chi connectivity index (χ4v) is 6.10. The van der Waals surface area contributed by atoms with Crippen LogP contribution in [-0.2, 0) is 24.8 Å². The molecule has 4 heterocycles. The molecule has 2 fully saturated rings. The monoisotopic (exact) mass is 527 g/mol. The van der Waals surface area contributed by atoms with Crippen LogP contribution in [-0.4, -0.2) is 68.5 Å². The van der Waals surface area contributed by atoms with Gasteiger partial charge < -0.3 is 29.2 Å². The number of imidazole rings is 1. The van der Waals surface area contributed by atoms with Crippen molar-refractivity contribution in [1.82, 2.24) is 24.3 Å². The first-order valence-electron chi connectivity index (χ1n) is 13.8. The van der Waals surface area contributed by atoms with E-state index in [1.165, 1.54) is 29.3 Å². The highest BCUT2D eigenvalue weighted by Gasteiger charge is 2.29. The summed E-state index contributed by atoms with van der Waals surface area (Å²) in [5.74, 6) is 2.02. The molecule has 2 aliphatic heterocycles. The lowest BCUT2D eigenvalue weighted by Crippen LogP contribution is -2.46. The van der Waals surface area contributed by atoms with Gasteiger partial charge in [0.05, 0.1) is 29.9 Å². The Morgan fingerprint density at radius 3 is 2.72 bits per heavy atom. The van der Waals surface area contributed by atoms with Crippen molar-refractivity contribution in [1.29, 1.82) is 0 Å². The van der Waals surface area contributed by atoms with Crippen molar-refractivity contribution in [3.8, 4) is 11.5 Å². The number of aromatic nitrogens is 3. The van der Waals surface area contributed by atoms with Gasteiger partial charge in [0.1, 0.15) is 0 Å². The molecule has 1 saturated heterocycles. The van der Waals surface area contributed by atoms with Crippen molar-refractivity contribution in [2.45, 2.75) is 44.7 Å². The van der Waals surface area contributed by atoms with Crippen molar-refractivity contribution in [2.75, 3.05) is 26.3 Å². The highest BCUT2D eigenvalue weighted by Crippen LogP contribution is 2.38. The third-order valence-corrected chi connectivity index (χ3v) is 8.54. The summed E-state index contributed by atoms with van der Waals surface area (Å²) in [7, 11) is 2.06. The van der Waals surface area contributed by atoms with E-state index in [1.807, 2.05) is 6.07 Å². The minimum absolute atomic E-state index is 0.0697. The van der Waals surface area contributed by atoms with Gasteiger partial charge in [-0.05, 0) is 67.5 Å². The minimum atomic E-state index is -1.08. The second kappa shape index (κ2) is 9.12. The van der Waals surface area contributed by atoms with Crippen LogP contribution in [0.2, 0.25) is 0 Å². The molecule has 1 aliphatic carbocycles. The highest BCUT2D eigenvalue weighted by atomic mass is 16.5. The van der Waals surface area contributed by atoms with Crippen LogP contribution in [0, 0.1) is 5.92 Å². The van der Waals surface area contributed by atoms with E-state index in [9.17, 15) is 9.59 Å². The van der Waals surface area contributed by atoms with Gasteiger partial charge in [-0.15, -0.1) is 0 Å². The lowest BCUT2D eigenvalue weighted by Gasteiger charge is -2.30. The predicted molar refractivity (Wildman–Crippen MR) is 148 cm³/mol. The quantitative estimate of drug-likeness (QED) is 0.372. The number of rotatable bonds is 7. The minimum Gasteiger partial charge on any atom is -0.465 e. The number of hydrogen-bond donors (Lipinski definition) is 2. The molecule has 4 aromatic rings. The summed E-state index contributed by atoms with van der Waals surface area (Å²) in [5, 5.41) is 12.7. The number of nitrogens with one attached hydrogen (secondary N) is 1. The molecule has 9 heteroatoms. The van der Waals surface area contributed by atoms with E-state index in [0.29, 0.717) is 30.5 Å². The summed E-state index contributed by atoms with van der Waals surface area (Å²) in [6.07, 6.45) is 2.18. The van der Waals surface area contributed by atoms with Crippen molar-refractivity contribution < 1.29 is 19.4 Å². The number of fused-ring (bicyclic) bond motifs is 3. The van der Waals surface area contributed by atoms with E-state index in [2.05, 4.69) is 51.8 Å². The molecular formula is C30H33N5O4. The van der Waals surface area contributed by atoms with Crippen LogP contribution >= 0.6 is 0 Å². The van der Waals surface area contributed by atoms with Crippen LogP contribution in [0.5, 0.6) is 0 Å². The van der Waals surface area contributed by atoms with E-state index in [-0.39, 0.29) is 11.9 Å². The summed E-state index contributed by atoms with van der Waals surface area (Å²) in [6.45, 7) is 5.25. The Labute approximate surface area is 226 Å². The predicted octanol–water partition coefficient (Wildman–Crippen LogP) is 4.37. The average molecular weight is 528 g/mol. The number of ether oxygens (including phenoxy) is 1. The van der Waals surface area contributed by atoms with Gasteiger partial charge in [0.2, 0.25) is 0 Å². The molecule has 9 nitrogen and oxygen atoms in total. The van der Waals surface area contributed by atoms with Crippen molar-refractivity contribution in [2.24, 2.45) is 13.0 Å². The molecule has 0 bridgehead atoms. The first-order valence-corrected chi connectivity index (χ1v) is 13.8. The van der Waals surface area contributed by atoms with Gasteiger partial charge in [-0.1, -0.05) is 12.1 Å². The molecule has 2 N–H and O–H groups in total. The van der Waals surface area contributed by atoms with Crippen LogP contribution < -0.4 is 5.32 Å². The van der Waals surface area contributed by atoms with Gasteiger partial charge in [-0.3, -0.25) is 4.79 Å². The van der Waals surface area contributed by atoms with Crippen LogP contribution in [0.25, 0.3) is 33.5 Å². The van der Waals surface area contributed by atoms with E-state index in [1.54, 1.807) is 11.8 Å². The summed E-state index contributed by atoms with van der Waals surface area (Å²) >= 11 is 0. The second-order valence-electron chi connectivity index (χ2n) is 11.5. The van der Waals surface area contributed by atoms with Crippen LogP contribution in [0.4, 0.5) is 4.79 Å². The number of carbonyl (C=O) groups excluding carboxylic acids is 1. The first-order chi connectivity index (χ1) is 18.9. The third kappa shape index (κ3) is 4.25. The molecule has 39 heavy (non-hydrogen) atoms. The Morgan fingerprint density at radius 2 is 2.00 bits per heavy atom. The Bertz CT molecular complexity index is 1630. The van der Waals surface area contributed by atoms with E-state index in [4.69, 9.17) is 14.8 Å². The van der Waals surface area contributed by atoms with Crippen molar-refractivity contribution >= 4 is 33.9 Å². The Hall–Kier alpha value is -3.85. The molecule has 0 radical (unpaired) electrons. The van der Waals surface area contributed by atoms with Gasteiger partial charge in [-0.2, -0.15) is 0 Å². The summed E-state index contributed by atoms with van der Waals surface area (Å²) in [5.41, 5.74) is 7.19. The third-order valence-electron chi connectivity index (χ3n) is 8.54. The maximum atomic E-state index is 13.4. The zero-order valence-electron chi connectivity index (χ0n) is 22.3. The van der Waals surface area contributed by atoms with Gasteiger partial charge >= 0.3 is 6.09 Å². The molecule has 7 rings (SSSR count). The molecule has 0 spiro atoms. The fraction of sp³-hybridized carbons (Fsp3) is 0.433. The topological polar surface area (TPSA) is 102 Å². The van der Waals surface area contributed by atoms with Crippen molar-refractivity contribution in [3.63, 3.8) is 0 Å². The number of benzene rings is 2.